The van der Waals surface area contributed by atoms with Crippen molar-refractivity contribution in [2.24, 2.45) is 7.05 Å². The highest BCUT2D eigenvalue weighted by Gasteiger charge is 2.33. The van der Waals surface area contributed by atoms with Gasteiger partial charge in [-0.3, -0.25) is 19.1 Å². The molecule has 1 aromatic carbocycles. The lowest BCUT2D eigenvalue weighted by Gasteiger charge is -2.25. The van der Waals surface area contributed by atoms with E-state index in [0.717, 1.165) is 48.6 Å². The van der Waals surface area contributed by atoms with E-state index < -0.39 is 0 Å². The number of thioether (sulfide) groups is 1. The third kappa shape index (κ3) is 4.28. The highest BCUT2D eigenvalue weighted by Crippen LogP contribution is 2.37. The van der Waals surface area contributed by atoms with Gasteiger partial charge in [0.15, 0.2) is 0 Å². The zero-order valence-electron chi connectivity index (χ0n) is 18.8. The first-order valence-corrected chi connectivity index (χ1v) is 11.8. The predicted molar refractivity (Wildman–Crippen MR) is 134 cm³/mol. The number of anilines is 1. The molecule has 2 fully saturated rings. The largest absolute Gasteiger partial charge is 0.497 e. The van der Waals surface area contributed by atoms with E-state index in [2.05, 4.69) is 4.90 Å². The van der Waals surface area contributed by atoms with Crippen molar-refractivity contribution >= 4 is 46.1 Å². The maximum atomic E-state index is 13.3. The summed E-state index contributed by atoms with van der Waals surface area (Å²) in [5.41, 5.74) is 2.03. The predicted octanol–water partition coefficient (Wildman–Crippen LogP) is 3.58. The van der Waals surface area contributed by atoms with Gasteiger partial charge >= 0.3 is 0 Å². The van der Waals surface area contributed by atoms with Gasteiger partial charge in [0, 0.05) is 25.7 Å². The van der Waals surface area contributed by atoms with Crippen LogP contribution in [0.1, 0.15) is 35.1 Å². The summed E-state index contributed by atoms with van der Waals surface area (Å²) < 4.78 is 7.20. The van der Waals surface area contributed by atoms with Crippen LogP contribution in [0.5, 0.6) is 5.75 Å². The molecule has 4 rings (SSSR count). The molecule has 1 aromatic heterocycles. The van der Waals surface area contributed by atoms with Gasteiger partial charge in [-0.15, -0.1) is 0 Å². The van der Waals surface area contributed by atoms with Crippen molar-refractivity contribution in [1.82, 2.24) is 9.47 Å². The summed E-state index contributed by atoms with van der Waals surface area (Å²) in [5.74, 6) is 1.31. The quantitative estimate of drug-likeness (QED) is 0.478. The second-order valence-electron chi connectivity index (χ2n) is 8.02. The lowest BCUT2D eigenvalue weighted by atomic mass is 10.0. The summed E-state index contributed by atoms with van der Waals surface area (Å²) in [5, 5.41) is 9.60. The van der Waals surface area contributed by atoms with Gasteiger partial charge in [-0.2, -0.15) is 5.26 Å². The third-order valence-electron chi connectivity index (χ3n) is 6.02. The minimum atomic E-state index is -0.318. The van der Waals surface area contributed by atoms with Crippen LogP contribution in [0.25, 0.3) is 6.08 Å². The molecule has 33 heavy (non-hydrogen) atoms. The summed E-state index contributed by atoms with van der Waals surface area (Å²) in [4.78, 5) is 30.3. The summed E-state index contributed by atoms with van der Waals surface area (Å²) in [6.07, 6.45) is 3.86. The maximum absolute atomic E-state index is 13.3. The molecule has 2 aromatic rings. The SMILES string of the molecule is COc1ccc(CN2C(=O)C(=Cc3c(C)c(C#N)c(=O)n(C)c3N3CCCC3)SC2=S)cc1. The second kappa shape index (κ2) is 9.41. The van der Waals surface area contributed by atoms with Crippen LogP contribution in [0, 0.1) is 18.3 Å². The highest BCUT2D eigenvalue weighted by atomic mass is 32.2. The van der Waals surface area contributed by atoms with Crippen molar-refractivity contribution in [2.75, 3.05) is 25.1 Å². The normalized spacial score (nSPS) is 17.2. The van der Waals surface area contributed by atoms with Crippen LogP contribution in [0.3, 0.4) is 0 Å². The van der Waals surface area contributed by atoms with Gasteiger partial charge in [-0.05, 0) is 49.1 Å². The van der Waals surface area contributed by atoms with Crippen LogP contribution in [0.15, 0.2) is 34.0 Å². The first-order chi connectivity index (χ1) is 15.8. The van der Waals surface area contributed by atoms with Crippen LogP contribution in [0.2, 0.25) is 0 Å². The average molecular weight is 481 g/mol. The molecule has 9 heteroatoms. The van der Waals surface area contributed by atoms with E-state index >= 15 is 0 Å². The molecule has 2 aliphatic rings. The molecular formula is C24H24N4O3S2. The lowest BCUT2D eigenvalue weighted by Crippen LogP contribution is -2.31. The molecule has 2 saturated heterocycles. The average Bonchev–Trinajstić information content (AvgIpc) is 3.43. The molecule has 0 unspecified atom stereocenters. The van der Waals surface area contributed by atoms with Crippen LogP contribution >= 0.6 is 24.0 Å². The van der Waals surface area contributed by atoms with Gasteiger partial charge < -0.3 is 9.64 Å². The van der Waals surface area contributed by atoms with Crippen molar-refractivity contribution in [1.29, 1.82) is 5.26 Å². The Bertz CT molecular complexity index is 1250. The molecule has 170 valence electrons. The smallest absolute Gasteiger partial charge is 0.270 e. The first kappa shape index (κ1) is 23.1. The van der Waals surface area contributed by atoms with Gasteiger partial charge in [0.1, 0.15) is 27.5 Å². The molecule has 0 aliphatic carbocycles. The van der Waals surface area contributed by atoms with E-state index in [-0.39, 0.29) is 17.0 Å². The molecule has 2 aliphatic heterocycles. The maximum Gasteiger partial charge on any atom is 0.270 e. The first-order valence-electron chi connectivity index (χ1n) is 10.6. The Labute approximate surface area is 202 Å². The zero-order valence-corrected chi connectivity index (χ0v) is 20.4. The standard InChI is InChI=1S/C24H24N4O3S2/c1-15-18(21(27-10-4-5-11-27)26(2)22(29)19(15)13-25)12-20-23(30)28(24(32)33-20)14-16-6-8-17(31-3)9-7-16/h6-9,12H,4-5,10-11,14H2,1-3H3. The number of hydrogen-bond acceptors (Lipinski definition) is 7. The number of pyridine rings is 1. The molecule has 3 heterocycles. The fourth-order valence-corrected chi connectivity index (χ4v) is 5.44. The summed E-state index contributed by atoms with van der Waals surface area (Å²) in [6, 6.07) is 9.55. The fourth-order valence-electron chi connectivity index (χ4n) is 4.20. The molecule has 0 N–H and O–H groups in total. The van der Waals surface area contributed by atoms with Crippen molar-refractivity contribution < 1.29 is 9.53 Å². The van der Waals surface area contributed by atoms with Gasteiger partial charge in [-0.25, -0.2) is 0 Å². The number of ether oxygens (including phenoxy) is 1. The van der Waals surface area contributed by atoms with Gasteiger partial charge in [0.25, 0.3) is 11.5 Å². The number of hydrogen-bond donors (Lipinski definition) is 0. The number of carbonyl (C=O) groups excluding carboxylic acids is 1. The zero-order chi connectivity index (χ0) is 23.7. The number of aromatic nitrogens is 1. The number of rotatable bonds is 5. The Morgan fingerprint density at radius 2 is 1.88 bits per heavy atom. The van der Waals surface area contributed by atoms with E-state index in [0.29, 0.717) is 21.3 Å². The number of carbonyl (C=O) groups is 1. The summed E-state index contributed by atoms with van der Waals surface area (Å²) in [7, 11) is 3.29. The number of nitrogens with zero attached hydrogens (tertiary/aromatic N) is 4. The molecule has 0 spiro atoms. The minimum absolute atomic E-state index is 0.0976. The van der Waals surface area contributed by atoms with E-state index in [9.17, 15) is 14.9 Å². The van der Waals surface area contributed by atoms with Gasteiger partial charge in [-0.1, -0.05) is 36.1 Å². The second-order valence-corrected chi connectivity index (χ2v) is 9.70. The molecule has 0 atom stereocenters. The van der Waals surface area contributed by atoms with E-state index in [1.54, 1.807) is 32.1 Å². The van der Waals surface area contributed by atoms with E-state index in [4.69, 9.17) is 17.0 Å². The Morgan fingerprint density at radius 3 is 2.48 bits per heavy atom. The fraction of sp³-hybridized carbons (Fsp3) is 0.333. The summed E-state index contributed by atoms with van der Waals surface area (Å²) >= 11 is 6.75. The minimum Gasteiger partial charge on any atom is -0.497 e. The molecular weight excluding hydrogens is 456 g/mol. The highest BCUT2D eigenvalue weighted by molar-refractivity contribution is 8.26. The summed E-state index contributed by atoms with van der Waals surface area (Å²) in [6.45, 7) is 3.79. The number of benzene rings is 1. The topological polar surface area (TPSA) is 78.6 Å². The lowest BCUT2D eigenvalue weighted by molar-refractivity contribution is -0.122. The number of thiocarbonyl (C=S) groups is 1. The molecule has 1 amide bonds. The molecule has 0 radical (unpaired) electrons. The van der Waals surface area contributed by atoms with Gasteiger partial charge in [0.05, 0.1) is 18.6 Å². The van der Waals surface area contributed by atoms with Crippen molar-refractivity contribution in [3.63, 3.8) is 0 Å². The Balaban J connectivity index is 1.73. The van der Waals surface area contributed by atoms with Crippen molar-refractivity contribution in [3.8, 4) is 11.8 Å². The monoisotopic (exact) mass is 480 g/mol. The number of amides is 1. The number of nitriles is 1. The molecule has 0 saturated carbocycles. The van der Waals surface area contributed by atoms with Crippen LogP contribution in [0.4, 0.5) is 5.82 Å². The van der Waals surface area contributed by atoms with Gasteiger partial charge in [0.2, 0.25) is 0 Å². The van der Waals surface area contributed by atoms with Crippen LogP contribution < -0.4 is 15.2 Å². The van der Waals surface area contributed by atoms with Crippen molar-refractivity contribution in [2.45, 2.75) is 26.3 Å². The Hall–Kier alpha value is -3.09. The van der Waals surface area contributed by atoms with Crippen molar-refractivity contribution in [3.05, 3.63) is 61.8 Å². The van der Waals surface area contributed by atoms with Crippen LogP contribution in [-0.4, -0.2) is 39.9 Å². The number of methoxy groups -OCH3 is 1. The third-order valence-corrected chi connectivity index (χ3v) is 7.40. The van der Waals surface area contributed by atoms with E-state index in [1.807, 2.05) is 30.3 Å². The van der Waals surface area contributed by atoms with E-state index in [1.165, 1.54) is 16.3 Å². The Kier molecular flexibility index (Phi) is 6.58. The molecule has 0 bridgehead atoms. The Morgan fingerprint density at radius 1 is 1.21 bits per heavy atom. The molecule has 7 nitrogen and oxygen atoms in total. The van der Waals surface area contributed by atoms with Crippen LogP contribution in [-0.2, 0) is 18.4 Å².